The highest BCUT2D eigenvalue weighted by atomic mass is 35.5. The monoisotopic (exact) mass is 518 g/mol. The van der Waals surface area contributed by atoms with Gasteiger partial charge in [-0.3, -0.25) is 20.2 Å². The second-order valence-electron chi connectivity index (χ2n) is 7.59. The number of hydrogen-bond donors (Lipinski definition) is 2. The molecule has 0 bridgehead atoms. The lowest BCUT2D eigenvalue weighted by atomic mass is 10.1. The summed E-state index contributed by atoms with van der Waals surface area (Å²) in [5.74, 6) is 0.154. The predicted molar refractivity (Wildman–Crippen MR) is 139 cm³/mol. The summed E-state index contributed by atoms with van der Waals surface area (Å²) in [5, 5.41) is 17.1. The predicted octanol–water partition coefficient (Wildman–Crippen LogP) is 6.44. The highest BCUT2D eigenvalue weighted by Crippen LogP contribution is 2.28. The second kappa shape index (κ2) is 9.61. The Morgan fingerprint density at radius 3 is 2.61 bits per heavy atom. The lowest BCUT2D eigenvalue weighted by Gasteiger charge is -2.09. The lowest BCUT2D eigenvalue weighted by molar-refractivity contribution is -0.384. The molecular formula is C25H15ClN4O5S. The summed E-state index contributed by atoms with van der Waals surface area (Å²) >= 11 is 11.3. The number of non-ortho nitro benzene ring substituents is 1. The molecule has 9 nitrogen and oxygen atoms in total. The lowest BCUT2D eigenvalue weighted by Crippen LogP contribution is -2.33. The molecule has 0 unspecified atom stereocenters. The van der Waals surface area contributed by atoms with Crippen LogP contribution in [0.3, 0.4) is 0 Å². The number of aromatic nitrogens is 1. The topological polar surface area (TPSA) is 123 Å². The molecule has 178 valence electrons. The zero-order valence-electron chi connectivity index (χ0n) is 18.2. The van der Waals surface area contributed by atoms with Gasteiger partial charge >= 0.3 is 0 Å². The first-order valence-electron chi connectivity index (χ1n) is 10.5. The van der Waals surface area contributed by atoms with Crippen LogP contribution in [-0.2, 0) is 0 Å². The molecule has 0 fully saturated rings. The number of halogens is 1. The Bertz CT molecular complexity index is 1640. The molecule has 2 aromatic heterocycles. The molecule has 1 amide bonds. The van der Waals surface area contributed by atoms with Crippen molar-refractivity contribution in [3.05, 3.63) is 99.8 Å². The molecule has 5 aromatic rings. The zero-order valence-corrected chi connectivity index (χ0v) is 19.8. The van der Waals surface area contributed by atoms with E-state index in [4.69, 9.17) is 32.7 Å². The maximum absolute atomic E-state index is 12.6. The van der Waals surface area contributed by atoms with E-state index in [1.165, 1.54) is 18.2 Å². The van der Waals surface area contributed by atoms with Crippen LogP contribution >= 0.6 is 23.8 Å². The molecule has 0 atom stereocenters. The van der Waals surface area contributed by atoms with Crippen molar-refractivity contribution in [2.24, 2.45) is 0 Å². The van der Waals surface area contributed by atoms with E-state index in [0.717, 1.165) is 0 Å². The van der Waals surface area contributed by atoms with Crippen molar-refractivity contribution < 1.29 is 18.6 Å². The number of thiocarbonyl (C=S) groups is 1. The van der Waals surface area contributed by atoms with Crippen LogP contribution < -0.4 is 10.6 Å². The van der Waals surface area contributed by atoms with Gasteiger partial charge in [0.05, 0.1) is 4.92 Å². The van der Waals surface area contributed by atoms with Crippen molar-refractivity contribution >= 4 is 57.3 Å². The van der Waals surface area contributed by atoms with Crippen molar-refractivity contribution in [2.45, 2.75) is 0 Å². The largest absolute Gasteiger partial charge is 0.451 e. The van der Waals surface area contributed by atoms with Crippen LogP contribution in [-0.4, -0.2) is 20.9 Å². The first kappa shape index (κ1) is 23.2. The summed E-state index contributed by atoms with van der Waals surface area (Å²) in [7, 11) is 0. The van der Waals surface area contributed by atoms with Gasteiger partial charge in [0.25, 0.3) is 11.6 Å². The number of amides is 1. The van der Waals surface area contributed by atoms with Crippen molar-refractivity contribution in [1.82, 2.24) is 10.3 Å². The van der Waals surface area contributed by atoms with Crippen LogP contribution in [0.25, 0.3) is 33.9 Å². The molecule has 0 aliphatic heterocycles. The minimum absolute atomic E-state index is 0.000423. The van der Waals surface area contributed by atoms with Crippen molar-refractivity contribution in [1.29, 1.82) is 0 Å². The molecule has 0 radical (unpaired) electrons. The third-order valence-electron chi connectivity index (χ3n) is 5.12. The summed E-state index contributed by atoms with van der Waals surface area (Å²) in [5.41, 5.74) is 2.95. The first-order valence-corrected chi connectivity index (χ1v) is 11.3. The van der Waals surface area contributed by atoms with Crippen LogP contribution in [0, 0.1) is 10.1 Å². The van der Waals surface area contributed by atoms with Gasteiger partial charge in [-0.15, -0.1) is 0 Å². The van der Waals surface area contributed by atoms with E-state index in [1.807, 2.05) is 6.07 Å². The Balaban J connectivity index is 1.26. The molecule has 2 heterocycles. The molecule has 11 heteroatoms. The van der Waals surface area contributed by atoms with Crippen molar-refractivity contribution in [3.8, 4) is 22.8 Å². The molecule has 0 saturated heterocycles. The van der Waals surface area contributed by atoms with Crippen LogP contribution in [0.1, 0.15) is 10.6 Å². The number of nitrogens with zero attached hydrogens (tertiary/aromatic N) is 2. The van der Waals surface area contributed by atoms with Gasteiger partial charge in [0, 0.05) is 34.0 Å². The highest BCUT2D eigenvalue weighted by molar-refractivity contribution is 7.80. The Kier molecular flexibility index (Phi) is 6.19. The number of carbonyl (C=O) groups excluding carboxylic acids is 1. The van der Waals surface area contributed by atoms with Crippen molar-refractivity contribution in [3.63, 3.8) is 0 Å². The maximum Gasteiger partial charge on any atom is 0.293 e. The summed E-state index contributed by atoms with van der Waals surface area (Å²) in [6.45, 7) is 0. The number of carbonyl (C=O) groups is 1. The molecule has 0 aliphatic rings. The number of nitro groups is 1. The molecule has 0 aliphatic carbocycles. The average Bonchev–Trinajstić information content (AvgIpc) is 3.52. The summed E-state index contributed by atoms with van der Waals surface area (Å²) in [6, 6.07) is 21.3. The van der Waals surface area contributed by atoms with Crippen LogP contribution in [0.2, 0.25) is 5.02 Å². The maximum atomic E-state index is 12.6. The number of furan rings is 1. The van der Waals surface area contributed by atoms with E-state index in [0.29, 0.717) is 44.6 Å². The smallest absolute Gasteiger partial charge is 0.293 e. The van der Waals surface area contributed by atoms with Crippen LogP contribution in [0.5, 0.6) is 0 Å². The van der Waals surface area contributed by atoms with Gasteiger partial charge in [0.1, 0.15) is 11.3 Å². The Morgan fingerprint density at radius 1 is 0.972 bits per heavy atom. The standard InChI is InChI=1S/C25H15ClN4O5S/c26-16-7-8-21-19(13-16)28-24(35-21)15-4-1-5-17(11-15)27-25(36)29-23(31)22-10-9-20(34-22)14-3-2-6-18(12-14)30(32)33/h1-13H,(H2,27,29,31,36). The molecule has 0 saturated carbocycles. The third kappa shape index (κ3) is 4.95. The quantitative estimate of drug-likeness (QED) is 0.155. The van der Waals surface area contributed by atoms with Gasteiger partial charge in [-0.05, 0) is 60.7 Å². The number of benzene rings is 3. The van der Waals surface area contributed by atoms with Gasteiger partial charge in [0.15, 0.2) is 16.5 Å². The normalized spacial score (nSPS) is 10.8. The van der Waals surface area contributed by atoms with Crippen LogP contribution in [0.4, 0.5) is 11.4 Å². The molecule has 36 heavy (non-hydrogen) atoms. The molecule has 0 spiro atoms. The van der Waals surface area contributed by atoms with E-state index in [-0.39, 0.29) is 16.6 Å². The van der Waals surface area contributed by atoms with Crippen molar-refractivity contribution in [2.75, 3.05) is 5.32 Å². The third-order valence-corrected chi connectivity index (χ3v) is 5.55. The number of fused-ring (bicyclic) bond motifs is 1. The fourth-order valence-electron chi connectivity index (χ4n) is 3.47. The zero-order chi connectivity index (χ0) is 25.2. The van der Waals surface area contributed by atoms with E-state index in [1.54, 1.807) is 54.6 Å². The van der Waals surface area contributed by atoms with E-state index < -0.39 is 10.8 Å². The minimum Gasteiger partial charge on any atom is -0.451 e. The number of nitro benzene ring substituents is 1. The van der Waals surface area contributed by atoms with Gasteiger partial charge in [0.2, 0.25) is 5.89 Å². The number of anilines is 1. The second-order valence-corrected chi connectivity index (χ2v) is 8.44. The Labute approximate surface area is 213 Å². The number of oxazole rings is 1. The van der Waals surface area contributed by atoms with Gasteiger partial charge < -0.3 is 14.2 Å². The van der Waals surface area contributed by atoms with Crippen LogP contribution in [0.15, 0.2) is 87.7 Å². The highest BCUT2D eigenvalue weighted by Gasteiger charge is 2.16. The van der Waals surface area contributed by atoms with E-state index in [9.17, 15) is 14.9 Å². The summed E-state index contributed by atoms with van der Waals surface area (Å²) in [4.78, 5) is 27.6. The number of nitrogens with one attached hydrogen (secondary N) is 2. The Hall–Kier alpha value is -4.54. The minimum atomic E-state index is -0.573. The fourth-order valence-corrected chi connectivity index (χ4v) is 3.85. The molecule has 5 rings (SSSR count). The fraction of sp³-hybridized carbons (Fsp3) is 0. The summed E-state index contributed by atoms with van der Waals surface area (Å²) in [6.07, 6.45) is 0. The van der Waals surface area contributed by atoms with Gasteiger partial charge in [-0.2, -0.15) is 0 Å². The Morgan fingerprint density at radius 2 is 1.78 bits per heavy atom. The van der Waals surface area contributed by atoms with Gasteiger partial charge in [-0.25, -0.2) is 4.98 Å². The number of rotatable bonds is 5. The average molecular weight is 519 g/mol. The van der Waals surface area contributed by atoms with E-state index >= 15 is 0 Å². The van der Waals surface area contributed by atoms with E-state index in [2.05, 4.69) is 15.6 Å². The number of hydrogen-bond acceptors (Lipinski definition) is 7. The molecular weight excluding hydrogens is 504 g/mol. The van der Waals surface area contributed by atoms with Gasteiger partial charge in [-0.1, -0.05) is 29.8 Å². The first-order chi connectivity index (χ1) is 17.4. The molecule has 2 N–H and O–H groups in total. The summed E-state index contributed by atoms with van der Waals surface area (Å²) < 4.78 is 11.4. The SMILES string of the molecule is O=C(NC(=S)Nc1cccc(-c2nc3cc(Cl)ccc3o2)c1)c1ccc(-c2cccc([N+](=O)[O-])c2)o1. The molecule has 3 aromatic carbocycles.